The van der Waals surface area contributed by atoms with Gasteiger partial charge in [0.25, 0.3) is 0 Å². The molecule has 1 N–H and O–H groups in total. The van der Waals surface area contributed by atoms with Gasteiger partial charge in [-0.15, -0.1) is 0 Å². The lowest BCUT2D eigenvalue weighted by Crippen LogP contribution is -2.36. The minimum atomic E-state index is -0.768. The fourth-order valence-electron chi connectivity index (χ4n) is 3.03. The number of nitrogens with zero attached hydrogens (tertiary/aromatic N) is 2. The van der Waals surface area contributed by atoms with E-state index >= 15 is 0 Å². The van der Waals surface area contributed by atoms with E-state index in [9.17, 15) is 9.90 Å². The molecule has 17 heavy (non-hydrogen) atoms. The molecule has 0 bridgehead atoms. The first-order chi connectivity index (χ1) is 8.25. The molecule has 0 atom stereocenters. The Kier molecular flexibility index (Phi) is 2.73. The molecule has 1 heterocycles. The van der Waals surface area contributed by atoms with E-state index in [1.807, 2.05) is 6.20 Å². The number of hydrogen-bond acceptors (Lipinski definition) is 3. The van der Waals surface area contributed by atoms with Crippen molar-refractivity contribution in [2.75, 3.05) is 6.67 Å². The van der Waals surface area contributed by atoms with Crippen LogP contribution in [0.15, 0.2) is 11.9 Å². The largest absolute Gasteiger partial charge is 0.477 e. The molecule has 0 radical (unpaired) electrons. The van der Waals surface area contributed by atoms with Crippen LogP contribution in [0.4, 0.5) is 0 Å². The lowest BCUT2D eigenvalue weighted by Gasteiger charge is -2.32. The van der Waals surface area contributed by atoms with Gasteiger partial charge < -0.3 is 14.9 Å². The molecule has 4 heteroatoms. The normalized spacial score (nSPS) is 26.2. The molecule has 3 rings (SSSR count). The van der Waals surface area contributed by atoms with Crippen LogP contribution in [-0.4, -0.2) is 39.6 Å². The second kappa shape index (κ2) is 4.24. The van der Waals surface area contributed by atoms with Crippen LogP contribution in [0.2, 0.25) is 0 Å². The van der Waals surface area contributed by atoms with Crippen molar-refractivity contribution in [2.24, 2.45) is 0 Å². The molecule has 0 amide bonds. The van der Waals surface area contributed by atoms with Crippen molar-refractivity contribution in [3.63, 3.8) is 0 Å². The number of carboxylic acids is 1. The molecule has 4 nitrogen and oxygen atoms in total. The summed E-state index contributed by atoms with van der Waals surface area (Å²) in [5.74, 6) is -0.768. The minimum Gasteiger partial charge on any atom is -0.477 e. The van der Waals surface area contributed by atoms with Crippen LogP contribution in [0, 0.1) is 0 Å². The van der Waals surface area contributed by atoms with Crippen LogP contribution in [0.25, 0.3) is 0 Å². The summed E-state index contributed by atoms with van der Waals surface area (Å²) in [4.78, 5) is 15.6. The predicted molar refractivity (Wildman–Crippen MR) is 64.2 cm³/mol. The van der Waals surface area contributed by atoms with Gasteiger partial charge in [0, 0.05) is 18.3 Å². The Balaban J connectivity index is 1.72. The number of carboxylic acid groups (broad SMARTS) is 1. The number of aliphatic carboxylic acids is 1. The number of rotatable bonds is 3. The summed E-state index contributed by atoms with van der Waals surface area (Å²) in [6.45, 7) is 0.803. The van der Waals surface area contributed by atoms with E-state index < -0.39 is 5.97 Å². The van der Waals surface area contributed by atoms with Crippen molar-refractivity contribution in [3.05, 3.63) is 11.9 Å². The fourth-order valence-corrected chi connectivity index (χ4v) is 3.03. The van der Waals surface area contributed by atoms with Crippen LogP contribution < -0.4 is 0 Å². The highest BCUT2D eigenvalue weighted by molar-refractivity contribution is 5.86. The fraction of sp³-hybridized carbons (Fsp3) is 0.769. The smallest absolute Gasteiger partial charge is 0.353 e. The second-order valence-electron chi connectivity index (χ2n) is 5.47. The third-order valence-electron chi connectivity index (χ3n) is 4.16. The van der Waals surface area contributed by atoms with Crippen LogP contribution in [-0.2, 0) is 4.79 Å². The third kappa shape index (κ3) is 2.13. The third-order valence-corrected chi connectivity index (χ3v) is 4.16. The highest BCUT2D eigenvalue weighted by Gasteiger charge is 2.38. The first-order valence-corrected chi connectivity index (χ1v) is 6.73. The molecule has 0 aromatic carbocycles. The van der Waals surface area contributed by atoms with Crippen molar-refractivity contribution in [1.29, 1.82) is 0 Å². The molecule has 0 aromatic heterocycles. The van der Waals surface area contributed by atoms with Crippen molar-refractivity contribution >= 4 is 5.97 Å². The second-order valence-corrected chi connectivity index (χ2v) is 5.47. The van der Waals surface area contributed by atoms with Gasteiger partial charge in [-0.3, -0.25) is 0 Å². The Hall–Kier alpha value is -1.19. The summed E-state index contributed by atoms with van der Waals surface area (Å²) in [7, 11) is 0. The molecule has 3 aliphatic rings. The standard InChI is InChI=1S/C13H20N2O2/c16-13(17)12-8-14(9-15(12)11-6-7-11)10-4-2-1-3-5-10/h8,10-11H,1-7,9H2,(H,16,17). The molecule has 0 spiro atoms. The Bertz CT molecular complexity index is 343. The van der Waals surface area contributed by atoms with Crippen LogP contribution in [0.3, 0.4) is 0 Å². The first kappa shape index (κ1) is 10.9. The zero-order valence-corrected chi connectivity index (χ0v) is 10.1. The molecule has 0 aromatic rings. The van der Waals surface area contributed by atoms with Crippen molar-refractivity contribution in [2.45, 2.75) is 57.0 Å². The molecule has 94 valence electrons. The summed E-state index contributed by atoms with van der Waals surface area (Å²) < 4.78 is 0. The molecule has 2 fully saturated rings. The molecule has 1 aliphatic heterocycles. The highest BCUT2D eigenvalue weighted by atomic mass is 16.4. The zero-order chi connectivity index (χ0) is 11.8. The van der Waals surface area contributed by atoms with Gasteiger partial charge in [-0.25, -0.2) is 4.79 Å². The van der Waals surface area contributed by atoms with E-state index in [0.717, 1.165) is 19.5 Å². The van der Waals surface area contributed by atoms with Gasteiger partial charge in [-0.2, -0.15) is 0 Å². The van der Waals surface area contributed by atoms with Gasteiger partial charge >= 0.3 is 5.97 Å². The monoisotopic (exact) mass is 236 g/mol. The summed E-state index contributed by atoms with van der Waals surface area (Å²) in [5, 5.41) is 9.24. The maximum Gasteiger partial charge on any atom is 0.353 e. The average Bonchev–Trinajstić information content (AvgIpc) is 3.09. The van der Waals surface area contributed by atoms with Crippen LogP contribution in [0.1, 0.15) is 44.9 Å². The summed E-state index contributed by atoms with van der Waals surface area (Å²) in [6.07, 6.45) is 10.6. The summed E-state index contributed by atoms with van der Waals surface area (Å²) in [6, 6.07) is 1.06. The van der Waals surface area contributed by atoms with Crippen LogP contribution in [0.5, 0.6) is 0 Å². The van der Waals surface area contributed by atoms with E-state index in [2.05, 4.69) is 9.80 Å². The van der Waals surface area contributed by atoms with Gasteiger partial charge in [0.05, 0.1) is 6.67 Å². The van der Waals surface area contributed by atoms with Gasteiger partial charge in [-0.05, 0) is 25.7 Å². The first-order valence-electron chi connectivity index (χ1n) is 6.73. The average molecular weight is 236 g/mol. The SMILES string of the molecule is O=C(O)C1=CN(C2CCCCC2)CN1C1CC1. The van der Waals surface area contributed by atoms with Gasteiger partial charge in [0.1, 0.15) is 5.70 Å². The van der Waals surface area contributed by atoms with E-state index in [-0.39, 0.29) is 0 Å². The highest BCUT2D eigenvalue weighted by Crippen LogP contribution is 2.35. The quantitative estimate of drug-likeness (QED) is 0.813. The maximum atomic E-state index is 11.2. The van der Waals surface area contributed by atoms with E-state index in [0.29, 0.717) is 17.8 Å². The van der Waals surface area contributed by atoms with Gasteiger partial charge in [0.15, 0.2) is 0 Å². The van der Waals surface area contributed by atoms with Crippen LogP contribution >= 0.6 is 0 Å². The molecule has 0 unspecified atom stereocenters. The van der Waals surface area contributed by atoms with E-state index in [1.165, 1.54) is 32.1 Å². The summed E-state index contributed by atoms with van der Waals surface area (Å²) >= 11 is 0. The topological polar surface area (TPSA) is 43.8 Å². The van der Waals surface area contributed by atoms with E-state index in [4.69, 9.17) is 0 Å². The molecule has 2 saturated carbocycles. The number of carbonyl (C=O) groups is 1. The minimum absolute atomic E-state index is 0.492. The van der Waals surface area contributed by atoms with Crippen molar-refractivity contribution in [1.82, 2.24) is 9.80 Å². The Labute approximate surface area is 102 Å². The molecular formula is C13H20N2O2. The molecular weight excluding hydrogens is 216 g/mol. The molecule has 0 saturated heterocycles. The zero-order valence-electron chi connectivity index (χ0n) is 10.1. The Morgan fingerprint density at radius 2 is 1.82 bits per heavy atom. The lowest BCUT2D eigenvalue weighted by molar-refractivity contribution is -0.134. The van der Waals surface area contributed by atoms with E-state index in [1.54, 1.807) is 0 Å². The predicted octanol–water partition coefficient (Wildman–Crippen LogP) is 1.98. The van der Waals surface area contributed by atoms with Gasteiger partial charge in [0.2, 0.25) is 0 Å². The van der Waals surface area contributed by atoms with Crippen molar-refractivity contribution < 1.29 is 9.90 Å². The Morgan fingerprint density at radius 3 is 2.41 bits per heavy atom. The Morgan fingerprint density at radius 1 is 1.12 bits per heavy atom. The van der Waals surface area contributed by atoms with Crippen molar-refractivity contribution in [3.8, 4) is 0 Å². The maximum absolute atomic E-state index is 11.2. The molecule has 2 aliphatic carbocycles. The summed E-state index contributed by atoms with van der Waals surface area (Å²) in [5.41, 5.74) is 0.512. The van der Waals surface area contributed by atoms with Gasteiger partial charge in [-0.1, -0.05) is 19.3 Å². The number of hydrogen-bond donors (Lipinski definition) is 1. The lowest BCUT2D eigenvalue weighted by atomic mass is 9.95.